The molecule has 0 fully saturated rings. The third kappa shape index (κ3) is 4.79. The van der Waals surface area contributed by atoms with Crippen LogP contribution in [0.2, 0.25) is 0 Å². The summed E-state index contributed by atoms with van der Waals surface area (Å²) in [6, 6.07) is 90.5. The second-order valence-electron chi connectivity index (χ2n) is 20.3. The van der Waals surface area contributed by atoms with Gasteiger partial charge in [-0.2, -0.15) is 0 Å². The van der Waals surface area contributed by atoms with E-state index in [0.29, 0.717) is 0 Å². The smallest absolute Gasteiger partial charge is 0.0621 e. The molecule has 12 aromatic carbocycles. The summed E-state index contributed by atoms with van der Waals surface area (Å²) in [6.45, 7) is 0. The van der Waals surface area contributed by atoms with Crippen LogP contribution in [0, 0.1) is 0 Å². The van der Waals surface area contributed by atoms with Crippen LogP contribution in [-0.4, -0.2) is 17.9 Å². The third-order valence-electron chi connectivity index (χ3n) is 16.8. The van der Waals surface area contributed by atoms with E-state index in [4.69, 9.17) is 0 Å². The average molecular weight is 937 g/mol. The zero-order valence-electron chi connectivity index (χ0n) is 39.9. The minimum atomic E-state index is 1.17. The molecule has 0 amide bonds. The number of aromatic nitrogens is 4. The van der Waals surface area contributed by atoms with E-state index in [1.54, 1.807) is 0 Å². The van der Waals surface area contributed by atoms with Crippen LogP contribution in [0.25, 0.3) is 164 Å². The summed E-state index contributed by atoms with van der Waals surface area (Å²) in [5.41, 5.74) is 19.6. The standard InChI is InChI=1S/C70H40N4/c1-3-15-43(16-4-1)71-60-29-9-7-19-47(60)58-39-41(31-36-62(58)71)45-21-11-23-50-53-27-14-28-57-65-49-33-34-56-54-26-13-25-52-51-24-12-22-46(67(51)74(68(52)54)69(56)55(49)35-38-64(65)73(66(45)50)70(53)57)42-32-37-63-59(40-42)48-20-8-10-30-61(48)72(63)44-17-5-2-6-18-44/h1-40H. The van der Waals surface area contributed by atoms with Crippen molar-refractivity contribution in [2.24, 2.45) is 0 Å². The Morgan fingerprint density at radius 3 is 1.12 bits per heavy atom. The molecular weight excluding hydrogens is 897 g/mol. The minimum absolute atomic E-state index is 1.17. The Labute approximate surface area is 422 Å². The molecule has 4 heteroatoms. The van der Waals surface area contributed by atoms with E-state index >= 15 is 0 Å². The van der Waals surface area contributed by atoms with E-state index in [1.165, 1.54) is 164 Å². The largest absolute Gasteiger partial charge is 0.309 e. The fraction of sp³-hybridized carbons (Fsp3) is 0. The Hall–Kier alpha value is -9.90. The molecule has 0 aliphatic heterocycles. The van der Waals surface area contributed by atoms with Crippen molar-refractivity contribution in [1.29, 1.82) is 0 Å². The van der Waals surface area contributed by atoms with E-state index in [9.17, 15) is 0 Å². The zero-order valence-corrected chi connectivity index (χ0v) is 39.9. The fourth-order valence-corrected chi connectivity index (χ4v) is 13.9. The summed E-state index contributed by atoms with van der Waals surface area (Å²) >= 11 is 0. The molecular formula is C70H40N4. The summed E-state index contributed by atoms with van der Waals surface area (Å²) < 4.78 is 10.00. The molecule has 6 heterocycles. The van der Waals surface area contributed by atoms with Gasteiger partial charge in [-0.3, -0.25) is 0 Å². The molecule has 4 nitrogen and oxygen atoms in total. The monoisotopic (exact) mass is 936 g/mol. The Bertz CT molecular complexity index is 5420. The van der Waals surface area contributed by atoms with E-state index < -0.39 is 0 Å². The Kier molecular flexibility index (Phi) is 7.31. The van der Waals surface area contributed by atoms with Gasteiger partial charge in [0.2, 0.25) is 0 Å². The highest BCUT2D eigenvalue weighted by Crippen LogP contribution is 2.49. The summed E-state index contributed by atoms with van der Waals surface area (Å²) in [4.78, 5) is 0. The predicted octanol–water partition coefficient (Wildman–Crippen LogP) is 18.7. The van der Waals surface area contributed by atoms with Crippen molar-refractivity contribution in [2.45, 2.75) is 0 Å². The number of hydrogen-bond acceptors (Lipinski definition) is 0. The fourth-order valence-electron chi connectivity index (χ4n) is 13.9. The molecule has 340 valence electrons. The number of fused-ring (bicyclic) bond motifs is 21. The Balaban J connectivity index is 0.898. The molecule has 0 N–H and O–H groups in total. The van der Waals surface area contributed by atoms with Crippen molar-refractivity contribution in [1.82, 2.24) is 17.9 Å². The minimum Gasteiger partial charge on any atom is -0.309 e. The lowest BCUT2D eigenvalue weighted by atomic mass is 9.97. The van der Waals surface area contributed by atoms with Crippen molar-refractivity contribution in [3.05, 3.63) is 243 Å². The lowest BCUT2D eigenvalue weighted by molar-refractivity contribution is 1.18. The number of nitrogens with zero attached hydrogens (tertiary/aromatic N) is 4. The molecule has 0 unspecified atom stereocenters. The molecule has 74 heavy (non-hydrogen) atoms. The van der Waals surface area contributed by atoms with E-state index in [2.05, 4.69) is 261 Å². The third-order valence-corrected chi connectivity index (χ3v) is 16.8. The SMILES string of the molecule is c1ccc(-n2c3ccccc3c3cc(-c4cccc5c6cccc7c8c9ccc%10c%11cccc%12c%13cccc(-c%14ccc%15c(c%14)c%14ccccc%14n%15-c%14ccccc%14)c%13n(c%10c9ccc8n(c45)c67)c%12%11)ccc32)cc1. The van der Waals surface area contributed by atoms with Gasteiger partial charge in [-0.25, -0.2) is 0 Å². The van der Waals surface area contributed by atoms with Gasteiger partial charge in [0, 0.05) is 92.5 Å². The van der Waals surface area contributed by atoms with Crippen molar-refractivity contribution < 1.29 is 0 Å². The Morgan fingerprint density at radius 1 is 0.203 bits per heavy atom. The molecule has 6 aromatic heterocycles. The number of rotatable bonds is 4. The molecule has 0 spiro atoms. The van der Waals surface area contributed by atoms with Crippen LogP contribution in [0.1, 0.15) is 0 Å². The zero-order chi connectivity index (χ0) is 47.9. The second kappa shape index (κ2) is 13.9. The molecule has 18 aromatic rings. The van der Waals surface area contributed by atoms with Gasteiger partial charge < -0.3 is 17.9 Å². The molecule has 0 saturated carbocycles. The first kappa shape index (κ1) is 38.8. The molecule has 0 aliphatic rings. The maximum atomic E-state index is 2.62. The topological polar surface area (TPSA) is 18.7 Å². The van der Waals surface area contributed by atoms with Crippen LogP contribution in [0.15, 0.2) is 243 Å². The molecule has 0 saturated heterocycles. The molecule has 0 radical (unpaired) electrons. The predicted molar refractivity (Wildman–Crippen MR) is 313 cm³/mol. The first-order valence-corrected chi connectivity index (χ1v) is 25.7. The van der Waals surface area contributed by atoms with E-state index in [0.717, 1.165) is 0 Å². The summed E-state index contributed by atoms with van der Waals surface area (Å²) in [7, 11) is 0. The van der Waals surface area contributed by atoms with Crippen LogP contribution < -0.4 is 0 Å². The summed E-state index contributed by atoms with van der Waals surface area (Å²) in [5, 5.41) is 17.8. The van der Waals surface area contributed by atoms with Gasteiger partial charge >= 0.3 is 0 Å². The summed E-state index contributed by atoms with van der Waals surface area (Å²) in [5.74, 6) is 0. The highest BCUT2D eigenvalue weighted by molar-refractivity contribution is 6.34. The van der Waals surface area contributed by atoms with E-state index in [1.807, 2.05) is 0 Å². The van der Waals surface area contributed by atoms with Crippen LogP contribution >= 0.6 is 0 Å². The van der Waals surface area contributed by atoms with Gasteiger partial charge in [-0.05, 0) is 83.2 Å². The molecule has 0 atom stereocenters. The highest BCUT2D eigenvalue weighted by atomic mass is 15.0. The number of benzene rings is 12. The first-order valence-electron chi connectivity index (χ1n) is 25.7. The number of hydrogen-bond donors (Lipinski definition) is 0. The van der Waals surface area contributed by atoms with Crippen molar-refractivity contribution in [2.75, 3.05) is 0 Å². The van der Waals surface area contributed by atoms with Gasteiger partial charge in [0.15, 0.2) is 0 Å². The molecule has 0 bridgehead atoms. The maximum absolute atomic E-state index is 2.62. The first-order chi connectivity index (χ1) is 36.8. The average Bonchev–Trinajstić information content (AvgIpc) is 4.31. The van der Waals surface area contributed by atoms with Gasteiger partial charge in [0.05, 0.1) is 55.2 Å². The van der Waals surface area contributed by atoms with Gasteiger partial charge in [0.1, 0.15) is 0 Å². The molecule has 0 aliphatic carbocycles. The van der Waals surface area contributed by atoms with Crippen molar-refractivity contribution >= 4 is 131 Å². The quantitative estimate of drug-likeness (QED) is 0.167. The van der Waals surface area contributed by atoms with Gasteiger partial charge in [0.25, 0.3) is 0 Å². The Morgan fingerprint density at radius 2 is 0.568 bits per heavy atom. The lowest BCUT2D eigenvalue weighted by Gasteiger charge is -2.11. The summed E-state index contributed by atoms with van der Waals surface area (Å²) in [6.07, 6.45) is 0. The second-order valence-corrected chi connectivity index (χ2v) is 20.3. The van der Waals surface area contributed by atoms with Crippen LogP contribution in [0.5, 0.6) is 0 Å². The maximum Gasteiger partial charge on any atom is 0.0621 e. The normalized spacial score (nSPS) is 12.6. The van der Waals surface area contributed by atoms with Gasteiger partial charge in [-0.15, -0.1) is 0 Å². The van der Waals surface area contributed by atoms with E-state index in [-0.39, 0.29) is 0 Å². The lowest BCUT2D eigenvalue weighted by Crippen LogP contribution is -1.93. The highest BCUT2D eigenvalue weighted by Gasteiger charge is 2.26. The molecule has 18 rings (SSSR count). The van der Waals surface area contributed by atoms with Gasteiger partial charge in [-0.1, -0.05) is 176 Å². The van der Waals surface area contributed by atoms with Crippen LogP contribution in [0.3, 0.4) is 0 Å². The van der Waals surface area contributed by atoms with Crippen LogP contribution in [0.4, 0.5) is 0 Å². The number of para-hydroxylation sites is 8. The van der Waals surface area contributed by atoms with Crippen molar-refractivity contribution in [3.63, 3.8) is 0 Å². The van der Waals surface area contributed by atoms with Crippen molar-refractivity contribution in [3.8, 4) is 33.6 Å². The van der Waals surface area contributed by atoms with Crippen LogP contribution in [-0.2, 0) is 0 Å².